The number of rotatable bonds is 3. The van der Waals surface area contributed by atoms with E-state index < -0.39 is 17.5 Å². The van der Waals surface area contributed by atoms with Crippen LogP contribution in [0.4, 0.5) is 18.9 Å². The molecule has 1 nitrogen and oxygen atoms in total. The molecule has 19 heavy (non-hydrogen) atoms. The van der Waals surface area contributed by atoms with Crippen molar-refractivity contribution in [3.05, 3.63) is 62.3 Å². The Labute approximate surface area is 125 Å². The fraction of sp³-hybridized carbons (Fsp3) is 0.0769. The van der Waals surface area contributed by atoms with Crippen molar-refractivity contribution in [3.63, 3.8) is 0 Å². The van der Waals surface area contributed by atoms with Crippen LogP contribution in [0.1, 0.15) is 5.56 Å². The van der Waals surface area contributed by atoms with Crippen LogP contribution >= 0.6 is 31.9 Å². The molecular weight excluding hydrogens is 387 g/mol. The number of benzene rings is 2. The molecule has 2 aromatic carbocycles. The summed E-state index contributed by atoms with van der Waals surface area (Å²) in [5, 5.41) is 3.02. The van der Waals surface area contributed by atoms with Crippen molar-refractivity contribution < 1.29 is 13.2 Å². The molecule has 0 amide bonds. The van der Waals surface area contributed by atoms with E-state index in [4.69, 9.17) is 0 Å². The molecule has 2 aromatic rings. The molecule has 0 fully saturated rings. The van der Waals surface area contributed by atoms with Crippen molar-refractivity contribution in [3.8, 4) is 0 Å². The molecule has 0 bridgehead atoms. The fourth-order valence-corrected chi connectivity index (χ4v) is 2.85. The van der Waals surface area contributed by atoms with E-state index in [0.717, 1.165) is 26.8 Å². The van der Waals surface area contributed by atoms with Gasteiger partial charge in [-0.25, -0.2) is 13.2 Å². The Hall–Kier alpha value is -1.01. The molecule has 0 unspecified atom stereocenters. The highest BCUT2D eigenvalue weighted by Gasteiger charge is 2.11. The maximum atomic E-state index is 13.1. The molecule has 6 heteroatoms. The van der Waals surface area contributed by atoms with E-state index in [1.807, 2.05) is 18.2 Å². The second-order valence-electron chi connectivity index (χ2n) is 3.82. The maximum absolute atomic E-state index is 13.1. The Balaban J connectivity index is 2.19. The first-order chi connectivity index (χ1) is 8.99. The first-order valence-corrected chi connectivity index (χ1v) is 6.89. The van der Waals surface area contributed by atoms with E-state index in [2.05, 4.69) is 37.2 Å². The second-order valence-corrected chi connectivity index (χ2v) is 5.53. The lowest BCUT2D eigenvalue weighted by Gasteiger charge is -2.11. The van der Waals surface area contributed by atoms with Gasteiger partial charge in [-0.3, -0.25) is 0 Å². The summed E-state index contributed by atoms with van der Waals surface area (Å²) >= 11 is 6.72. The monoisotopic (exact) mass is 393 g/mol. The molecule has 2 rings (SSSR count). The number of hydrogen-bond donors (Lipinski definition) is 1. The Morgan fingerprint density at radius 1 is 0.947 bits per heavy atom. The maximum Gasteiger partial charge on any atom is 0.194 e. The van der Waals surface area contributed by atoms with Gasteiger partial charge in [0.2, 0.25) is 0 Å². The van der Waals surface area contributed by atoms with Gasteiger partial charge in [0, 0.05) is 15.5 Å². The standard InChI is InChI=1S/C13H8Br2F3N/c14-8-2-1-3-9(15)13(8)19-6-7-4-10(16)12(18)11(17)5-7/h1-5,19H,6H2. The van der Waals surface area contributed by atoms with Gasteiger partial charge < -0.3 is 5.32 Å². The summed E-state index contributed by atoms with van der Waals surface area (Å²) in [6, 6.07) is 7.45. The molecule has 0 radical (unpaired) electrons. The van der Waals surface area contributed by atoms with Crippen LogP contribution in [0.3, 0.4) is 0 Å². The van der Waals surface area contributed by atoms with Gasteiger partial charge in [0.05, 0.1) is 5.69 Å². The number of nitrogens with one attached hydrogen (secondary N) is 1. The number of hydrogen-bond acceptors (Lipinski definition) is 1. The molecule has 1 N–H and O–H groups in total. The van der Waals surface area contributed by atoms with Crippen molar-refractivity contribution in [1.29, 1.82) is 0 Å². The normalized spacial score (nSPS) is 10.6. The van der Waals surface area contributed by atoms with Gasteiger partial charge in [0.25, 0.3) is 0 Å². The molecular formula is C13H8Br2F3N. The third-order valence-corrected chi connectivity index (χ3v) is 3.80. The van der Waals surface area contributed by atoms with Crippen molar-refractivity contribution >= 4 is 37.5 Å². The lowest BCUT2D eigenvalue weighted by Crippen LogP contribution is -2.03. The molecule has 0 spiro atoms. The van der Waals surface area contributed by atoms with Gasteiger partial charge in [-0.05, 0) is 61.7 Å². The Morgan fingerprint density at radius 2 is 1.47 bits per heavy atom. The fourth-order valence-electron chi connectivity index (χ4n) is 1.57. The van der Waals surface area contributed by atoms with E-state index in [9.17, 15) is 13.2 Å². The van der Waals surface area contributed by atoms with E-state index in [1.165, 1.54) is 0 Å². The molecule has 0 atom stereocenters. The minimum absolute atomic E-state index is 0.176. The van der Waals surface area contributed by atoms with Gasteiger partial charge >= 0.3 is 0 Å². The number of halogens is 5. The van der Waals surface area contributed by atoms with Crippen LogP contribution in [0.5, 0.6) is 0 Å². The minimum atomic E-state index is -1.45. The molecule has 0 aliphatic carbocycles. The van der Waals surface area contributed by atoms with Crippen LogP contribution in [0.2, 0.25) is 0 Å². The van der Waals surface area contributed by atoms with E-state index in [-0.39, 0.29) is 6.54 Å². The second kappa shape index (κ2) is 5.96. The zero-order valence-electron chi connectivity index (χ0n) is 9.48. The third kappa shape index (κ3) is 3.30. The molecule has 0 saturated carbocycles. The van der Waals surface area contributed by atoms with Crippen LogP contribution < -0.4 is 5.32 Å². The van der Waals surface area contributed by atoms with Crippen LogP contribution in [-0.2, 0) is 6.54 Å². The predicted molar refractivity (Wildman–Crippen MR) is 75.5 cm³/mol. The first-order valence-electron chi connectivity index (χ1n) is 5.30. The van der Waals surface area contributed by atoms with Crippen LogP contribution in [-0.4, -0.2) is 0 Å². The van der Waals surface area contributed by atoms with E-state index in [0.29, 0.717) is 5.56 Å². The van der Waals surface area contributed by atoms with E-state index >= 15 is 0 Å². The van der Waals surface area contributed by atoms with E-state index in [1.54, 1.807) is 0 Å². The number of para-hydroxylation sites is 1. The molecule has 0 aliphatic rings. The van der Waals surface area contributed by atoms with Crippen LogP contribution in [0.25, 0.3) is 0 Å². The van der Waals surface area contributed by atoms with Crippen molar-refractivity contribution in [1.82, 2.24) is 0 Å². The summed E-state index contributed by atoms with van der Waals surface area (Å²) in [5.74, 6) is -3.84. The molecule has 100 valence electrons. The minimum Gasteiger partial charge on any atom is -0.379 e. The lowest BCUT2D eigenvalue weighted by atomic mass is 10.2. The summed E-state index contributed by atoms with van der Waals surface area (Å²) in [7, 11) is 0. The number of anilines is 1. The molecule has 0 saturated heterocycles. The smallest absolute Gasteiger partial charge is 0.194 e. The highest BCUT2D eigenvalue weighted by molar-refractivity contribution is 9.11. The Kier molecular flexibility index (Phi) is 4.52. The molecule has 0 aromatic heterocycles. The SMILES string of the molecule is Fc1cc(CNc2c(Br)cccc2Br)cc(F)c1F. The summed E-state index contributed by atoms with van der Waals surface area (Å²) in [6.07, 6.45) is 0. The van der Waals surface area contributed by atoms with Crippen molar-refractivity contribution in [2.45, 2.75) is 6.54 Å². The predicted octanol–water partition coefficient (Wildman–Crippen LogP) is 5.24. The average molecular weight is 395 g/mol. The summed E-state index contributed by atoms with van der Waals surface area (Å²) < 4.78 is 40.6. The summed E-state index contributed by atoms with van der Waals surface area (Å²) in [6.45, 7) is 0.176. The summed E-state index contributed by atoms with van der Waals surface area (Å²) in [4.78, 5) is 0. The van der Waals surface area contributed by atoms with Gasteiger partial charge in [0.1, 0.15) is 0 Å². The quantitative estimate of drug-likeness (QED) is 0.702. The van der Waals surface area contributed by atoms with Gasteiger partial charge in [-0.1, -0.05) is 6.07 Å². The third-order valence-electron chi connectivity index (χ3n) is 2.48. The highest BCUT2D eigenvalue weighted by atomic mass is 79.9. The Bertz CT molecular complexity index is 574. The lowest BCUT2D eigenvalue weighted by molar-refractivity contribution is 0.445. The van der Waals surface area contributed by atoms with Gasteiger partial charge in [0.15, 0.2) is 17.5 Å². The zero-order chi connectivity index (χ0) is 14.0. The van der Waals surface area contributed by atoms with Crippen LogP contribution in [0, 0.1) is 17.5 Å². The Morgan fingerprint density at radius 3 is 2.00 bits per heavy atom. The van der Waals surface area contributed by atoms with Crippen molar-refractivity contribution in [2.24, 2.45) is 0 Å². The zero-order valence-corrected chi connectivity index (χ0v) is 12.7. The van der Waals surface area contributed by atoms with Gasteiger partial charge in [-0.2, -0.15) is 0 Å². The molecule has 0 heterocycles. The van der Waals surface area contributed by atoms with Crippen molar-refractivity contribution in [2.75, 3.05) is 5.32 Å². The average Bonchev–Trinajstić information content (AvgIpc) is 2.35. The largest absolute Gasteiger partial charge is 0.379 e. The van der Waals surface area contributed by atoms with Crippen LogP contribution in [0.15, 0.2) is 39.3 Å². The highest BCUT2D eigenvalue weighted by Crippen LogP contribution is 2.31. The topological polar surface area (TPSA) is 12.0 Å². The first kappa shape index (κ1) is 14.4. The molecule has 0 aliphatic heterocycles. The summed E-state index contributed by atoms with van der Waals surface area (Å²) in [5.41, 5.74) is 1.08. The van der Waals surface area contributed by atoms with Gasteiger partial charge in [-0.15, -0.1) is 0 Å².